The lowest BCUT2D eigenvalue weighted by atomic mass is 9.76. The zero-order valence-electron chi connectivity index (χ0n) is 9.18. The van der Waals surface area contributed by atoms with Gasteiger partial charge in [0, 0.05) is 23.4 Å². The Morgan fingerprint density at radius 3 is 2.38 bits per heavy atom. The predicted octanol–water partition coefficient (Wildman–Crippen LogP) is 2.13. The molecule has 0 saturated carbocycles. The average molecular weight is 225 g/mol. The number of halogens is 2. The van der Waals surface area contributed by atoms with E-state index in [9.17, 15) is 13.6 Å². The predicted molar refractivity (Wildman–Crippen MR) is 55.9 cm³/mol. The second-order valence-corrected chi connectivity index (χ2v) is 4.48. The molecule has 1 aliphatic heterocycles. The summed E-state index contributed by atoms with van der Waals surface area (Å²) in [6.45, 7) is 3.47. The van der Waals surface area contributed by atoms with E-state index in [0.717, 1.165) is 0 Å². The van der Waals surface area contributed by atoms with Crippen LogP contribution in [-0.4, -0.2) is 11.9 Å². The number of hydrogen-bond acceptors (Lipinski definition) is 1. The number of amides is 1. The van der Waals surface area contributed by atoms with Crippen LogP contribution < -0.4 is 5.32 Å². The van der Waals surface area contributed by atoms with E-state index < -0.39 is 17.0 Å². The molecule has 2 atom stereocenters. The molecule has 1 saturated heterocycles. The SMILES string of the molecule is CC1NC(=O)CC1(C)c1c(F)cccc1F. The van der Waals surface area contributed by atoms with Crippen molar-refractivity contribution in [3.8, 4) is 0 Å². The fraction of sp³-hybridized carbons (Fsp3) is 0.417. The van der Waals surface area contributed by atoms with Gasteiger partial charge in [0.2, 0.25) is 5.91 Å². The molecule has 0 bridgehead atoms. The van der Waals surface area contributed by atoms with Crippen LogP contribution in [0.5, 0.6) is 0 Å². The first-order valence-corrected chi connectivity index (χ1v) is 5.19. The fourth-order valence-electron chi connectivity index (χ4n) is 2.29. The van der Waals surface area contributed by atoms with Gasteiger partial charge in [0.1, 0.15) is 11.6 Å². The molecule has 0 spiro atoms. The van der Waals surface area contributed by atoms with Crippen molar-refractivity contribution in [3.63, 3.8) is 0 Å². The lowest BCUT2D eigenvalue weighted by Crippen LogP contribution is -2.37. The van der Waals surface area contributed by atoms with Crippen molar-refractivity contribution < 1.29 is 13.6 Å². The van der Waals surface area contributed by atoms with Crippen LogP contribution in [0.25, 0.3) is 0 Å². The lowest BCUT2D eigenvalue weighted by molar-refractivity contribution is -0.119. The maximum Gasteiger partial charge on any atom is 0.221 e. The summed E-state index contributed by atoms with van der Waals surface area (Å²) in [5.41, 5.74) is -0.812. The molecule has 0 aliphatic carbocycles. The van der Waals surface area contributed by atoms with Gasteiger partial charge in [-0.15, -0.1) is 0 Å². The molecular formula is C12H13F2NO. The second-order valence-electron chi connectivity index (χ2n) is 4.48. The molecule has 1 amide bonds. The van der Waals surface area contributed by atoms with E-state index in [2.05, 4.69) is 5.32 Å². The van der Waals surface area contributed by atoms with Gasteiger partial charge in [-0.2, -0.15) is 0 Å². The molecule has 1 aromatic carbocycles. The number of hydrogen-bond donors (Lipinski definition) is 1. The van der Waals surface area contributed by atoms with Gasteiger partial charge in [-0.1, -0.05) is 13.0 Å². The van der Waals surface area contributed by atoms with Crippen LogP contribution in [-0.2, 0) is 10.2 Å². The molecule has 16 heavy (non-hydrogen) atoms. The summed E-state index contributed by atoms with van der Waals surface area (Å²) in [6, 6.07) is 3.50. The van der Waals surface area contributed by atoms with Gasteiger partial charge in [0.05, 0.1) is 0 Å². The Labute approximate surface area is 92.7 Å². The zero-order valence-corrected chi connectivity index (χ0v) is 9.18. The zero-order chi connectivity index (χ0) is 11.9. The van der Waals surface area contributed by atoms with Crippen molar-refractivity contribution in [1.29, 1.82) is 0 Å². The fourth-order valence-corrected chi connectivity index (χ4v) is 2.29. The highest BCUT2D eigenvalue weighted by atomic mass is 19.1. The summed E-state index contributed by atoms with van der Waals surface area (Å²) in [6.07, 6.45) is 0.117. The van der Waals surface area contributed by atoms with E-state index in [1.54, 1.807) is 13.8 Å². The number of carbonyl (C=O) groups excluding carboxylic acids is 1. The van der Waals surface area contributed by atoms with E-state index in [1.165, 1.54) is 18.2 Å². The first-order valence-electron chi connectivity index (χ1n) is 5.19. The van der Waals surface area contributed by atoms with Gasteiger partial charge in [-0.25, -0.2) is 8.78 Å². The maximum atomic E-state index is 13.7. The Hall–Kier alpha value is -1.45. The van der Waals surface area contributed by atoms with E-state index in [0.29, 0.717) is 0 Å². The summed E-state index contributed by atoms with van der Waals surface area (Å²) >= 11 is 0. The Morgan fingerprint density at radius 1 is 1.38 bits per heavy atom. The summed E-state index contributed by atoms with van der Waals surface area (Å²) < 4.78 is 27.3. The van der Waals surface area contributed by atoms with Crippen LogP contribution in [0.2, 0.25) is 0 Å². The quantitative estimate of drug-likeness (QED) is 0.779. The first kappa shape index (κ1) is 11.0. The van der Waals surface area contributed by atoms with Crippen LogP contribution in [0.3, 0.4) is 0 Å². The summed E-state index contributed by atoms with van der Waals surface area (Å²) in [5.74, 6) is -1.35. The highest BCUT2D eigenvalue weighted by Gasteiger charge is 2.44. The summed E-state index contributed by atoms with van der Waals surface area (Å²) in [5, 5.41) is 2.69. The molecule has 2 nitrogen and oxygen atoms in total. The minimum Gasteiger partial charge on any atom is -0.353 e. The topological polar surface area (TPSA) is 29.1 Å². The molecule has 4 heteroatoms. The van der Waals surface area contributed by atoms with E-state index in [4.69, 9.17) is 0 Å². The maximum absolute atomic E-state index is 13.7. The molecule has 0 radical (unpaired) electrons. The number of carbonyl (C=O) groups is 1. The lowest BCUT2D eigenvalue weighted by Gasteiger charge is -2.28. The van der Waals surface area contributed by atoms with Gasteiger partial charge >= 0.3 is 0 Å². The van der Waals surface area contributed by atoms with Crippen molar-refractivity contribution >= 4 is 5.91 Å². The highest BCUT2D eigenvalue weighted by Crippen LogP contribution is 2.38. The Kier molecular flexibility index (Phi) is 2.45. The third-order valence-corrected chi connectivity index (χ3v) is 3.39. The summed E-state index contributed by atoms with van der Waals surface area (Å²) in [7, 11) is 0. The second kappa shape index (κ2) is 3.54. The van der Waals surface area contributed by atoms with E-state index in [1.807, 2.05) is 0 Å². The van der Waals surface area contributed by atoms with Gasteiger partial charge in [0.15, 0.2) is 0 Å². The third-order valence-electron chi connectivity index (χ3n) is 3.39. The molecule has 1 aromatic rings. The van der Waals surface area contributed by atoms with Gasteiger partial charge < -0.3 is 5.32 Å². The molecule has 0 aromatic heterocycles. The Bertz CT molecular complexity index is 426. The van der Waals surface area contributed by atoms with Crippen LogP contribution in [0, 0.1) is 11.6 Å². The van der Waals surface area contributed by atoms with Gasteiger partial charge in [0.25, 0.3) is 0 Å². The van der Waals surface area contributed by atoms with Crippen molar-refractivity contribution in [2.24, 2.45) is 0 Å². The molecule has 2 rings (SSSR count). The summed E-state index contributed by atoms with van der Waals surface area (Å²) in [4.78, 5) is 11.3. The number of benzene rings is 1. The van der Waals surface area contributed by atoms with Crippen LogP contribution >= 0.6 is 0 Å². The van der Waals surface area contributed by atoms with Crippen LogP contribution in [0.15, 0.2) is 18.2 Å². The smallest absolute Gasteiger partial charge is 0.221 e. The molecule has 1 aliphatic rings. The van der Waals surface area contributed by atoms with Gasteiger partial charge in [-0.05, 0) is 19.1 Å². The largest absolute Gasteiger partial charge is 0.353 e. The molecule has 86 valence electrons. The Balaban J connectivity index is 2.55. The van der Waals surface area contributed by atoms with Crippen molar-refractivity contribution in [2.75, 3.05) is 0 Å². The van der Waals surface area contributed by atoms with Crippen LogP contribution in [0.1, 0.15) is 25.8 Å². The molecule has 1 N–H and O–H groups in total. The number of nitrogens with one attached hydrogen (secondary N) is 1. The monoisotopic (exact) mass is 225 g/mol. The normalized spacial score (nSPS) is 29.2. The van der Waals surface area contributed by atoms with Gasteiger partial charge in [-0.3, -0.25) is 4.79 Å². The first-order chi connectivity index (χ1) is 7.45. The Morgan fingerprint density at radius 2 is 1.94 bits per heavy atom. The molecule has 2 unspecified atom stereocenters. The van der Waals surface area contributed by atoms with Crippen molar-refractivity contribution in [2.45, 2.75) is 31.7 Å². The van der Waals surface area contributed by atoms with E-state index in [-0.39, 0.29) is 23.9 Å². The van der Waals surface area contributed by atoms with Crippen molar-refractivity contribution in [3.05, 3.63) is 35.4 Å². The van der Waals surface area contributed by atoms with Crippen molar-refractivity contribution in [1.82, 2.24) is 5.32 Å². The molecular weight excluding hydrogens is 212 g/mol. The van der Waals surface area contributed by atoms with Crippen LogP contribution in [0.4, 0.5) is 8.78 Å². The van der Waals surface area contributed by atoms with E-state index >= 15 is 0 Å². The third kappa shape index (κ3) is 1.49. The minimum absolute atomic E-state index is 0.000787. The number of rotatable bonds is 1. The minimum atomic E-state index is -0.813. The standard InChI is InChI=1S/C12H13F2NO/c1-7-12(2,6-10(16)15-7)11-8(13)4-3-5-9(11)14/h3-5,7H,6H2,1-2H3,(H,15,16). The molecule has 1 fully saturated rings. The average Bonchev–Trinajstić information content (AvgIpc) is 2.40. The highest BCUT2D eigenvalue weighted by molar-refractivity contribution is 5.81. The molecule has 1 heterocycles.